The lowest BCUT2D eigenvalue weighted by atomic mass is 10.0. The van der Waals surface area contributed by atoms with Crippen molar-refractivity contribution in [2.75, 3.05) is 12.3 Å². The number of aromatic nitrogens is 3. The highest BCUT2D eigenvalue weighted by Crippen LogP contribution is 2.29. The van der Waals surface area contributed by atoms with E-state index in [0.29, 0.717) is 47.1 Å². The standard InChI is InChI=1S/C26H21ClN6O2/c27-16-8-10-21-22(13-16)30-23(29-21)14-33(32-11-3-6-24(32)34)26(35)15-7-9-20-19(12-15)17-4-1-2-5-18(17)25(28)31-20/h1-2,4-5,7-10,12-13H,3,6,11,14H2,(H2,28,31)(H,29,30). The number of imidazole rings is 1. The first-order valence-electron chi connectivity index (χ1n) is 11.3. The fourth-order valence-corrected chi connectivity index (χ4v) is 4.84. The molecule has 3 aromatic carbocycles. The van der Waals surface area contributed by atoms with Crippen LogP contribution in [0.4, 0.5) is 5.82 Å². The zero-order valence-electron chi connectivity index (χ0n) is 18.7. The quantitative estimate of drug-likeness (QED) is 0.360. The Balaban J connectivity index is 1.42. The number of aromatic amines is 1. The lowest BCUT2D eigenvalue weighted by Crippen LogP contribution is -2.46. The van der Waals surface area contributed by atoms with E-state index in [1.807, 2.05) is 36.4 Å². The molecule has 2 aromatic heterocycles. The number of pyridine rings is 1. The number of nitrogens with zero attached hydrogens (tertiary/aromatic N) is 4. The minimum absolute atomic E-state index is 0.0850. The van der Waals surface area contributed by atoms with Gasteiger partial charge in [0.15, 0.2) is 0 Å². The average Bonchev–Trinajstić information content (AvgIpc) is 3.47. The molecule has 3 N–H and O–H groups in total. The number of rotatable bonds is 4. The van der Waals surface area contributed by atoms with E-state index >= 15 is 0 Å². The predicted octanol–water partition coefficient (Wildman–Crippen LogP) is 4.68. The third kappa shape index (κ3) is 3.72. The molecule has 174 valence electrons. The maximum atomic E-state index is 13.8. The van der Waals surface area contributed by atoms with Crippen LogP contribution >= 0.6 is 11.6 Å². The van der Waals surface area contributed by atoms with Crippen LogP contribution in [0.25, 0.3) is 32.7 Å². The van der Waals surface area contributed by atoms with Gasteiger partial charge in [-0.1, -0.05) is 35.9 Å². The number of hydrogen-bond acceptors (Lipinski definition) is 5. The minimum atomic E-state index is -0.290. The fourth-order valence-electron chi connectivity index (χ4n) is 4.67. The number of halogens is 1. The highest BCUT2D eigenvalue weighted by molar-refractivity contribution is 6.31. The second-order valence-electron chi connectivity index (χ2n) is 8.60. The number of benzene rings is 3. The molecule has 8 nitrogen and oxygen atoms in total. The maximum absolute atomic E-state index is 13.8. The minimum Gasteiger partial charge on any atom is -0.383 e. The predicted molar refractivity (Wildman–Crippen MR) is 136 cm³/mol. The van der Waals surface area contributed by atoms with E-state index < -0.39 is 0 Å². The van der Waals surface area contributed by atoms with E-state index in [1.54, 1.807) is 24.3 Å². The van der Waals surface area contributed by atoms with Crippen LogP contribution in [-0.2, 0) is 11.3 Å². The van der Waals surface area contributed by atoms with Crippen molar-refractivity contribution in [2.45, 2.75) is 19.4 Å². The lowest BCUT2D eigenvalue weighted by molar-refractivity contribution is -0.140. The van der Waals surface area contributed by atoms with Gasteiger partial charge in [-0.25, -0.2) is 15.0 Å². The van der Waals surface area contributed by atoms with Gasteiger partial charge in [0, 0.05) is 34.3 Å². The third-order valence-electron chi connectivity index (χ3n) is 6.34. The smallest absolute Gasteiger partial charge is 0.272 e. The normalized spacial score (nSPS) is 13.9. The molecule has 3 heterocycles. The van der Waals surface area contributed by atoms with Crippen molar-refractivity contribution in [3.63, 3.8) is 0 Å². The Kier molecular flexibility index (Phi) is 5.04. The van der Waals surface area contributed by atoms with E-state index in [2.05, 4.69) is 15.0 Å². The summed E-state index contributed by atoms with van der Waals surface area (Å²) in [7, 11) is 0. The van der Waals surface area contributed by atoms with Crippen molar-refractivity contribution in [2.24, 2.45) is 0 Å². The zero-order chi connectivity index (χ0) is 24.1. The summed E-state index contributed by atoms with van der Waals surface area (Å²) in [6.45, 7) is 0.598. The Morgan fingerprint density at radius 1 is 1.03 bits per heavy atom. The summed E-state index contributed by atoms with van der Waals surface area (Å²) in [6.07, 6.45) is 1.11. The monoisotopic (exact) mass is 484 g/mol. The molecule has 1 saturated heterocycles. The molecule has 0 unspecified atom stereocenters. The van der Waals surface area contributed by atoms with Crippen molar-refractivity contribution in [3.05, 3.63) is 77.1 Å². The van der Waals surface area contributed by atoms with Crippen molar-refractivity contribution in [1.29, 1.82) is 0 Å². The van der Waals surface area contributed by atoms with Crippen molar-refractivity contribution in [1.82, 2.24) is 25.0 Å². The molecule has 1 aliphatic heterocycles. The number of anilines is 1. The third-order valence-corrected chi connectivity index (χ3v) is 6.58. The van der Waals surface area contributed by atoms with E-state index in [9.17, 15) is 9.59 Å². The highest BCUT2D eigenvalue weighted by atomic mass is 35.5. The summed E-state index contributed by atoms with van der Waals surface area (Å²) < 4.78 is 0. The van der Waals surface area contributed by atoms with E-state index in [0.717, 1.165) is 27.2 Å². The van der Waals surface area contributed by atoms with Gasteiger partial charge < -0.3 is 10.7 Å². The van der Waals surface area contributed by atoms with Gasteiger partial charge in [-0.15, -0.1) is 0 Å². The van der Waals surface area contributed by atoms with Crippen molar-refractivity contribution in [3.8, 4) is 0 Å². The van der Waals surface area contributed by atoms with Crippen LogP contribution < -0.4 is 5.73 Å². The lowest BCUT2D eigenvalue weighted by Gasteiger charge is -2.31. The molecule has 0 aliphatic carbocycles. The Morgan fingerprint density at radius 3 is 2.63 bits per heavy atom. The van der Waals surface area contributed by atoms with Gasteiger partial charge in [0.25, 0.3) is 5.91 Å². The van der Waals surface area contributed by atoms with Crippen LogP contribution in [0.15, 0.2) is 60.7 Å². The van der Waals surface area contributed by atoms with Crippen molar-refractivity contribution >= 4 is 61.9 Å². The molecule has 0 bridgehead atoms. The second kappa shape index (κ2) is 8.25. The van der Waals surface area contributed by atoms with Gasteiger partial charge in [0.05, 0.1) is 16.6 Å². The fraction of sp³-hybridized carbons (Fsp3) is 0.154. The molecule has 1 aliphatic rings. The van der Waals surface area contributed by atoms with Crippen LogP contribution in [-0.4, -0.2) is 43.3 Å². The number of carbonyl (C=O) groups excluding carboxylic acids is 2. The SMILES string of the molecule is Nc1nc2ccc(C(=O)N(Cc3nc4ccc(Cl)cc4[nH]3)N3CCCC3=O)cc2c2ccccc12. The number of carbonyl (C=O) groups is 2. The van der Waals surface area contributed by atoms with E-state index in [4.69, 9.17) is 17.3 Å². The van der Waals surface area contributed by atoms with Gasteiger partial charge in [-0.05, 0) is 48.2 Å². The number of nitrogen functional groups attached to an aromatic ring is 1. The number of H-pyrrole nitrogens is 1. The Labute approximate surface area is 205 Å². The van der Waals surface area contributed by atoms with E-state index in [1.165, 1.54) is 10.0 Å². The summed E-state index contributed by atoms with van der Waals surface area (Å²) in [5, 5.41) is 6.16. The molecule has 0 atom stereocenters. The molecular formula is C26H21ClN6O2. The summed E-state index contributed by atoms with van der Waals surface area (Å²) in [6, 6.07) is 18.4. The number of nitrogens with two attached hydrogens (primary N) is 1. The van der Waals surface area contributed by atoms with Crippen LogP contribution in [0.1, 0.15) is 29.0 Å². The van der Waals surface area contributed by atoms with Crippen LogP contribution in [0.3, 0.4) is 0 Å². The first kappa shape index (κ1) is 21.4. The molecular weight excluding hydrogens is 464 g/mol. The number of hydrogen-bond donors (Lipinski definition) is 2. The van der Waals surface area contributed by atoms with Crippen LogP contribution in [0.2, 0.25) is 5.02 Å². The van der Waals surface area contributed by atoms with Crippen LogP contribution in [0.5, 0.6) is 0 Å². The summed E-state index contributed by atoms with van der Waals surface area (Å²) in [4.78, 5) is 38.8. The second-order valence-corrected chi connectivity index (χ2v) is 9.04. The molecule has 0 saturated carbocycles. The number of amides is 2. The first-order valence-corrected chi connectivity index (χ1v) is 11.7. The average molecular weight is 485 g/mol. The van der Waals surface area contributed by atoms with Gasteiger partial charge in [-0.3, -0.25) is 14.6 Å². The molecule has 0 radical (unpaired) electrons. The molecule has 9 heteroatoms. The van der Waals surface area contributed by atoms with Gasteiger partial charge in [0.2, 0.25) is 5.91 Å². The van der Waals surface area contributed by atoms with Gasteiger partial charge >= 0.3 is 0 Å². The number of hydrazine groups is 1. The molecule has 35 heavy (non-hydrogen) atoms. The van der Waals surface area contributed by atoms with Gasteiger partial charge in [0.1, 0.15) is 18.2 Å². The molecule has 6 rings (SSSR count). The maximum Gasteiger partial charge on any atom is 0.272 e. The molecule has 0 spiro atoms. The highest BCUT2D eigenvalue weighted by Gasteiger charge is 2.31. The van der Waals surface area contributed by atoms with Crippen LogP contribution in [0, 0.1) is 0 Å². The number of fused-ring (bicyclic) bond motifs is 4. The largest absolute Gasteiger partial charge is 0.383 e. The Bertz CT molecular complexity index is 1650. The Morgan fingerprint density at radius 2 is 1.83 bits per heavy atom. The zero-order valence-corrected chi connectivity index (χ0v) is 19.4. The summed E-state index contributed by atoms with van der Waals surface area (Å²) in [5.41, 5.74) is 8.81. The van der Waals surface area contributed by atoms with Crippen molar-refractivity contribution < 1.29 is 9.59 Å². The summed E-state index contributed by atoms with van der Waals surface area (Å²) in [5.74, 6) is 0.636. The number of nitrogens with one attached hydrogen (secondary N) is 1. The summed E-state index contributed by atoms with van der Waals surface area (Å²) >= 11 is 6.11. The molecule has 5 aromatic rings. The van der Waals surface area contributed by atoms with Gasteiger partial charge in [-0.2, -0.15) is 0 Å². The topological polar surface area (TPSA) is 108 Å². The first-order chi connectivity index (χ1) is 17.0. The molecule has 2 amide bonds. The Hall–Kier alpha value is -4.17. The molecule has 1 fully saturated rings. The van der Waals surface area contributed by atoms with E-state index in [-0.39, 0.29) is 18.4 Å².